The fraction of sp³-hybridized carbons (Fsp3) is 1.00. The van der Waals surface area contributed by atoms with E-state index in [9.17, 15) is 0 Å². The van der Waals surface area contributed by atoms with Crippen LogP contribution in [-0.4, -0.2) is 19.0 Å². The Labute approximate surface area is 278 Å². The quantitative estimate of drug-likeness (QED) is 0.0677. The van der Waals surface area contributed by atoms with E-state index in [0.717, 1.165) is 0 Å². The molecule has 4 fully saturated rings. The lowest BCUT2D eigenvalue weighted by molar-refractivity contribution is 0.594. The summed E-state index contributed by atoms with van der Waals surface area (Å²) in [5.41, 5.74) is 0. The van der Waals surface area contributed by atoms with Gasteiger partial charge in [-0.1, -0.05) is 159 Å². The van der Waals surface area contributed by atoms with Crippen LogP contribution in [-0.2, 0) is 0 Å². The SMILES string of the molecule is CCCCCCCC12SC3(CCCCCCC)SC(CCCCCCC)(S1)SC(CCCCCCCBr)(S2)S3. The van der Waals surface area contributed by atoms with Gasteiger partial charge in [-0.05, 0) is 32.1 Å². The van der Waals surface area contributed by atoms with E-state index in [-0.39, 0.29) is 0 Å². The van der Waals surface area contributed by atoms with Gasteiger partial charge in [0.15, 0.2) is 0 Å². The topological polar surface area (TPSA) is 0 Å². The van der Waals surface area contributed by atoms with Gasteiger partial charge in [0.1, 0.15) is 13.6 Å². The second-order valence-electron chi connectivity index (χ2n) is 12.0. The normalized spacial score (nSPS) is 31.4. The van der Waals surface area contributed by atoms with Crippen molar-refractivity contribution in [2.45, 2.75) is 189 Å². The summed E-state index contributed by atoms with van der Waals surface area (Å²) < 4.78 is 1.59. The number of alkyl halides is 1. The van der Waals surface area contributed by atoms with E-state index in [4.69, 9.17) is 0 Å². The molecular formula is C32H59BrS6. The molecule has 0 unspecified atom stereocenters. The van der Waals surface area contributed by atoms with E-state index >= 15 is 0 Å². The molecule has 4 rings (SSSR count). The second kappa shape index (κ2) is 19.2. The van der Waals surface area contributed by atoms with Crippen LogP contribution < -0.4 is 0 Å². The standard InChI is InChI=1S/C32H59BrS6/c1-4-7-10-14-19-24-29-34-30(25-20-15-11-8-5-2)36-31(35-29,26-21-16-12-9-6-3)39-32(37-29,38-30)27-22-17-13-18-23-28-33/h4-28H2,1-3H3. The Kier molecular flexibility index (Phi) is 17.7. The van der Waals surface area contributed by atoms with Gasteiger partial charge < -0.3 is 0 Å². The molecule has 230 valence electrons. The summed E-state index contributed by atoms with van der Waals surface area (Å²) in [7, 11) is 0. The number of hydrogen-bond donors (Lipinski definition) is 0. The molecule has 0 nitrogen and oxygen atoms in total. The summed E-state index contributed by atoms with van der Waals surface area (Å²) in [5.74, 6) is 0. The van der Waals surface area contributed by atoms with Crippen LogP contribution in [0, 0.1) is 0 Å². The van der Waals surface area contributed by atoms with Gasteiger partial charge in [-0.2, -0.15) is 0 Å². The van der Waals surface area contributed by atoms with Crippen molar-refractivity contribution in [3.8, 4) is 0 Å². The zero-order valence-electron chi connectivity index (χ0n) is 25.5. The summed E-state index contributed by atoms with van der Waals surface area (Å²) in [4.78, 5) is 0. The molecule has 0 atom stereocenters. The van der Waals surface area contributed by atoms with Crippen molar-refractivity contribution < 1.29 is 0 Å². The lowest BCUT2D eigenvalue weighted by Crippen LogP contribution is -2.53. The maximum absolute atomic E-state index is 3.63. The number of unbranched alkanes of at least 4 members (excludes halogenated alkanes) is 16. The first-order valence-corrected chi connectivity index (χ1v) is 22.8. The zero-order chi connectivity index (χ0) is 27.9. The Hall–Kier alpha value is 2.58. The Morgan fingerprint density at radius 3 is 0.821 bits per heavy atom. The highest BCUT2D eigenvalue weighted by Crippen LogP contribution is 2.91. The number of halogens is 1. The minimum absolute atomic E-state index is 0.396. The third-order valence-electron chi connectivity index (χ3n) is 8.24. The monoisotopic (exact) mass is 714 g/mol. The highest BCUT2D eigenvalue weighted by atomic mass is 79.9. The van der Waals surface area contributed by atoms with Gasteiger partial charge in [0, 0.05) is 5.33 Å². The van der Waals surface area contributed by atoms with Crippen LogP contribution in [0.3, 0.4) is 0 Å². The van der Waals surface area contributed by atoms with Crippen molar-refractivity contribution in [2.75, 3.05) is 5.33 Å². The molecule has 0 spiro atoms. The number of thioether (sulfide) groups is 6. The Bertz CT molecular complexity index is 578. The lowest BCUT2D eigenvalue weighted by Gasteiger charge is -2.67. The number of rotatable bonds is 25. The van der Waals surface area contributed by atoms with Crippen LogP contribution in [0.1, 0.15) is 175 Å². The molecular weight excluding hydrogens is 657 g/mol. The van der Waals surface area contributed by atoms with Crippen LogP contribution in [0.5, 0.6) is 0 Å². The first-order valence-electron chi connectivity index (χ1n) is 16.8. The molecule has 4 aliphatic rings. The van der Waals surface area contributed by atoms with Crippen molar-refractivity contribution in [1.82, 2.24) is 0 Å². The fourth-order valence-electron chi connectivity index (χ4n) is 6.09. The average molecular weight is 716 g/mol. The van der Waals surface area contributed by atoms with Crippen LogP contribution in [0.4, 0.5) is 0 Å². The maximum Gasteiger partial charge on any atom is 0.113 e. The summed E-state index contributed by atoms with van der Waals surface area (Å²) in [6.45, 7) is 7.06. The van der Waals surface area contributed by atoms with E-state index in [2.05, 4.69) is 107 Å². The molecule has 0 N–H and O–H groups in total. The van der Waals surface area contributed by atoms with E-state index in [1.165, 1.54) is 159 Å². The number of hydrogen-bond acceptors (Lipinski definition) is 6. The molecule has 0 aromatic heterocycles. The summed E-state index contributed by atoms with van der Waals surface area (Å²) in [6.07, 6.45) is 34.1. The zero-order valence-corrected chi connectivity index (χ0v) is 32.0. The van der Waals surface area contributed by atoms with Crippen LogP contribution in [0.2, 0.25) is 0 Å². The fourth-order valence-corrected chi connectivity index (χ4v) is 28.3. The molecule has 4 aliphatic heterocycles. The van der Waals surface area contributed by atoms with E-state index in [0.29, 0.717) is 13.6 Å². The largest absolute Gasteiger partial charge is 0.113 e. The smallest absolute Gasteiger partial charge is 0.104 e. The van der Waals surface area contributed by atoms with Gasteiger partial charge in [0.25, 0.3) is 0 Å². The third kappa shape index (κ3) is 11.8. The third-order valence-corrected chi connectivity index (χ3v) is 21.0. The summed E-state index contributed by atoms with van der Waals surface area (Å²) >= 11 is 18.4. The summed E-state index contributed by atoms with van der Waals surface area (Å²) in [6, 6.07) is 0. The molecule has 4 heterocycles. The maximum atomic E-state index is 3.63. The summed E-state index contributed by atoms with van der Waals surface area (Å²) in [5, 5.41) is 1.17. The van der Waals surface area contributed by atoms with Gasteiger partial charge >= 0.3 is 0 Å². The Morgan fingerprint density at radius 1 is 0.333 bits per heavy atom. The molecule has 0 saturated carbocycles. The highest BCUT2D eigenvalue weighted by Gasteiger charge is 2.71. The molecule has 4 bridgehead atoms. The lowest BCUT2D eigenvalue weighted by atomic mass is 10.1. The highest BCUT2D eigenvalue weighted by molar-refractivity contribution is 9.09. The second-order valence-corrected chi connectivity index (χ2v) is 25.5. The Morgan fingerprint density at radius 2 is 0.564 bits per heavy atom. The van der Waals surface area contributed by atoms with Gasteiger partial charge in [0.2, 0.25) is 0 Å². The molecule has 39 heavy (non-hydrogen) atoms. The molecule has 4 saturated heterocycles. The van der Waals surface area contributed by atoms with E-state index in [1.807, 2.05) is 0 Å². The van der Waals surface area contributed by atoms with E-state index < -0.39 is 0 Å². The minimum Gasteiger partial charge on any atom is -0.104 e. The molecule has 0 aromatic carbocycles. The van der Waals surface area contributed by atoms with Gasteiger partial charge in [-0.15, -0.1) is 70.6 Å². The van der Waals surface area contributed by atoms with Crippen molar-refractivity contribution in [1.29, 1.82) is 0 Å². The van der Waals surface area contributed by atoms with Crippen LogP contribution in [0.25, 0.3) is 0 Å². The first kappa shape index (κ1) is 36.1. The van der Waals surface area contributed by atoms with Crippen molar-refractivity contribution in [2.24, 2.45) is 0 Å². The van der Waals surface area contributed by atoms with Crippen molar-refractivity contribution in [3.05, 3.63) is 0 Å². The average Bonchev–Trinajstić information content (AvgIpc) is 2.89. The van der Waals surface area contributed by atoms with E-state index in [1.54, 1.807) is 0 Å². The molecule has 7 heteroatoms. The van der Waals surface area contributed by atoms with Crippen LogP contribution >= 0.6 is 86.5 Å². The molecule has 0 aromatic rings. The molecule has 0 radical (unpaired) electrons. The predicted octanol–water partition coefficient (Wildman–Crippen LogP) is 14.9. The first-order chi connectivity index (χ1) is 19.0. The minimum atomic E-state index is 0.396. The molecule has 0 amide bonds. The molecule has 0 aliphatic carbocycles. The predicted molar refractivity (Wildman–Crippen MR) is 198 cm³/mol. The Balaban J connectivity index is 1.75. The van der Waals surface area contributed by atoms with Crippen LogP contribution in [0.15, 0.2) is 0 Å². The van der Waals surface area contributed by atoms with Crippen molar-refractivity contribution >= 4 is 86.5 Å². The van der Waals surface area contributed by atoms with Gasteiger partial charge in [0.05, 0.1) is 0 Å². The van der Waals surface area contributed by atoms with Crippen molar-refractivity contribution in [3.63, 3.8) is 0 Å². The van der Waals surface area contributed by atoms with Gasteiger partial charge in [-0.3, -0.25) is 0 Å². The van der Waals surface area contributed by atoms with Gasteiger partial charge in [-0.25, -0.2) is 0 Å².